The van der Waals surface area contributed by atoms with E-state index in [0.717, 1.165) is 70.6 Å². The Bertz CT molecular complexity index is 1460. The minimum absolute atomic E-state index is 0.0413. The van der Waals surface area contributed by atoms with Gasteiger partial charge in [-0.05, 0) is 87.2 Å². The number of hydrogen-bond donors (Lipinski definition) is 1. The highest BCUT2D eigenvalue weighted by molar-refractivity contribution is 5.95. The molecule has 5 aliphatic rings. The van der Waals surface area contributed by atoms with Crippen LogP contribution in [0.1, 0.15) is 138 Å². The molecule has 0 aromatic carbocycles. The molecule has 55 heavy (non-hydrogen) atoms. The van der Waals surface area contributed by atoms with Gasteiger partial charge in [0.05, 0.1) is 24.7 Å². The third-order valence-electron chi connectivity index (χ3n) is 12.5. The summed E-state index contributed by atoms with van der Waals surface area (Å²) in [7, 11) is 0. The van der Waals surface area contributed by atoms with Crippen molar-refractivity contribution < 1.29 is 38.1 Å². The molecule has 5 rings (SSSR count). The van der Waals surface area contributed by atoms with Crippen LogP contribution in [-0.4, -0.2) is 77.5 Å². The molecule has 10 nitrogen and oxygen atoms in total. The van der Waals surface area contributed by atoms with Crippen LogP contribution in [0.25, 0.3) is 0 Å². The average molecular weight is 765 g/mol. The number of urea groups is 1. The van der Waals surface area contributed by atoms with E-state index < -0.39 is 36.4 Å². The van der Waals surface area contributed by atoms with Crippen molar-refractivity contribution in [3.8, 4) is 0 Å². The lowest BCUT2D eigenvalue weighted by molar-refractivity contribution is -0.200. The second kappa shape index (κ2) is 20.3. The predicted octanol–water partition coefficient (Wildman–Crippen LogP) is 8.69. The lowest BCUT2D eigenvalue weighted by Crippen LogP contribution is -2.55. The molecule has 10 atom stereocenters. The zero-order valence-electron chi connectivity index (χ0n) is 34.5. The van der Waals surface area contributed by atoms with Gasteiger partial charge >= 0.3 is 18.0 Å². The number of carbonyl (C=O) groups excluding carboxylic acids is 4. The summed E-state index contributed by atoms with van der Waals surface area (Å²) in [6.45, 7) is 13.6. The predicted molar refractivity (Wildman–Crippen MR) is 213 cm³/mol. The highest BCUT2D eigenvalue weighted by atomic mass is 16.6. The van der Waals surface area contributed by atoms with Gasteiger partial charge in [-0.3, -0.25) is 19.3 Å². The zero-order valence-corrected chi connectivity index (χ0v) is 34.5. The summed E-state index contributed by atoms with van der Waals surface area (Å²) in [5.41, 5.74) is 2.58. The number of esters is 2. The first kappa shape index (κ1) is 42.9. The molecule has 0 unspecified atom stereocenters. The lowest BCUT2D eigenvalue weighted by Gasteiger charge is -2.40. The minimum Gasteiger partial charge on any atom is -0.458 e. The summed E-state index contributed by atoms with van der Waals surface area (Å²) < 4.78 is 24.4. The molecule has 0 spiro atoms. The molecule has 3 amide bonds. The van der Waals surface area contributed by atoms with E-state index in [1.54, 1.807) is 0 Å². The molecule has 3 aliphatic carbocycles. The van der Waals surface area contributed by atoms with E-state index >= 15 is 0 Å². The van der Waals surface area contributed by atoms with E-state index in [2.05, 4.69) is 70.3 Å². The molecule has 0 aromatic heterocycles. The second-order valence-electron chi connectivity index (χ2n) is 17.0. The van der Waals surface area contributed by atoms with E-state index in [9.17, 15) is 19.2 Å². The minimum atomic E-state index is -0.864. The standard InChI is InChI=1S/C45H68N2O8/c1-8-39-29(3)20-23-40(55-39)30(4)25-28(2)19-21-37-31(5)38(37)22-24-41-44(53-33(7)49)42(52-32(6)48)26-36(54-41)27-43(50)47(35-17-13-10-14-18-35)45(51)46-34-15-11-9-12-16-34/h19-22,24-25,28,31,34-42,44H,8-18,23,26-27H2,1-7H3,(H,46,51)/b21-19+,24-22+,30-25+/t28-,31-,36+,37+,38+,39-,40-,41+,42+,44+/m1/s1. The van der Waals surface area contributed by atoms with E-state index in [4.69, 9.17) is 18.9 Å². The average Bonchev–Trinajstić information content (AvgIpc) is 3.78. The number of nitrogens with zero attached hydrogens (tertiary/aromatic N) is 1. The van der Waals surface area contributed by atoms with Crippen LogP contribution in [0, 0.1) is 23.7 Å². The van der Waals surface area contributed by atoms with Crippen molar-refractivity contribution in [2.24, 2.45) is 23.7 Å². The van der Waals surface area contributed by atoms with Crippen molar-refractivity contribution in [3.63, 3.8) is 0 Å². The molecular formula is C45H68N2O8. The maximum Gasteiger partial charge on any atom is 0.324 e. The smallest absolute Gasteiger partial charge is 0.324 e. The Morgan fingerprint density at radius 1 is 0.909 bits per heavy atom. The fraction of sp³-hybridized carbons (Fsp3) is 0.733. The molecule has 0 radical (unpaired) electrons. The van der Waals surface area contributed by atoms with Gasteiger partial charge in [0.25, 0.3) is 0 Å². The van der Waals surface area contributed by atoms with Gasteiger partial charge in [0.15, 0.2) is 6.10 Å². The van der Waals surface area contributed by atoms with Gasteiger partial charge in [-0.1, -0.05) is 95.8 Å². The van der Waals surface area contributed by atoms with Crippen LogP contribution in [0.2, 0.25) is 0 Å². The third kappa shape index (κ3) is 12.1. The van der Waals surface area contributed by atoms with Gasteiger partial charge in [0.2, 0.25) is 5.91 Å². The first-order valence-electron chi connectivity index (χ1n) is 21.3. The SMILES string of the molecule is CC[C@H]1O[C@@H](/C(C)=C/[C@H](C)/C=C/[C@H]2[C@@H](C)[C@@H]2/C=C/[C@@H]2O[C@H](CC(=O)N(C(=O)NC3CCCCC3)C3CCCCC3)C[C@H](OC(C)=O)[C@H]2OC(C)=O)CC=C1C. The topological polar surface area (TPSA) is 120 Å². The van der Waals surface area contributed by atoms with Crippen LogP contribution in [0.4, 0.5) is 4.79 Å². The Hall–Kier alpha value is -3.24. The van der Waals surface area contributed by atoms with Crippen molar-refractivity contribution in [1.29, 1.82) is 0 Å². The molecule has 2 aliphatic heterocycles. The molecule has 0 aromatic rings. The van der Waals surface area contributed by atoms with Gasteiger partial charge in [-0.2, -0.15) is 0 Å². The summed E-state index contributed by atoms with van der Waals surface area (Å²) in [5, 5.41) is 3.17. The molecule has 4 fully saturated rings. The van der Waals surface area contributed by atoms with Crippen LogP contribution in [0.15, 0.2) is 47.6 Å². The number of carbonyl (C=O) groups is 4. The molecule has 10 heteroatoms. The highest BCUT2D eigenvalue weighted by Crippen LogP contribution is 2.48. The molecule has 2 heterocycles. The number of rotatable bonds is 13. The fourth-order valence-electron chi connectivity index (χ4n) is 9.26. The Labute approximate surface area is 329 Å². The van der Waals surface area contributed by atoms with Crippen molar-refractivity contribution in [2.75, 3.05) is 0 Å². The van der Waals surface area contributed by atoms with Crippen molar-refractivity contribution >= 4 is 23.9 Å². The Kier molecular flexibility index (Phi) is 15.8. The van der Waals surface area contributed by atoms with Gasteiger partial charge < -0.3 is 24.3 Å². The molecule has 3 saturated carbocycles. The van der Waals surface area contributed by atoms with E-state index in [0.29, 0.717) is 11.8 Å². The van der Waals surface area contributed by atoms with Gasteiger partial charge in [0.1, 0.15) is 12.2 Å². The van der Waals surface area contributed by atoms with Gasteiger partial charge in [-0.15, -0.1) is 0 Å². The monoisotopic (exact) mass is 764 g/mol. The van der Waals surface area contributed by atoms with Crippen LogP contribution in [0.5, 0.6) is 0 Å². The largest absolute Gasteiger partial charge is 0.458 e. The van der Waals surface area contributed by atoms with Crippen molar-refractivity contribution in [3.05, 3.63) is 47.6 Å². The van der Waals surface area contributed by atoms with Crippen LogP contribution < -0.4 is 5.32 Å². The lowest BCUT2D eigenvalue weighted by atomic mass is 9.92. The first-order valence-corrected chi connectivity index (χ1v) is 21.3. The number of nitrogens with one attached hydrogen (secondary N) is 1. The third-order valence-corrected chi connectivity index (χ3v) is 12.5. The van der Waals surface area contributed by atoms with Crippen molar-refractivity contribution in [2.45, 2.75) is 187 Å². The van der Waals surface area contributed by atoms with Crippen LogP contribution in [-0.2, 0) is 33.3 Å². The summed E-state index contributed by atoms with van der Waals surface area (Å²) >= 11 is 0. The van der Waals surface area contributed by atoms with Crippen LogP contribution >= 0.6 is 0 Å². The summed E-state index contributed by atoms with van der Waals surface area (Å²) in [6.07, 6.45) is 22.3. The Morgan fingerprint density at radius 3 is 2.22 bits per heavy atom. The number of allylic oxidation sites excluding steroid dienone is 4. The zero-order chi connectivity index (χ0) is 39.6. The maximum atomic E-state index is 14.1. The summed E-state index contributed by atoms with van der Waals surface area (Å²) in [5.74, 6) is -0.0232. The Balaban J connectivity index is 1.27. The summed E-state index contributed by atoms with van der Waals surface area (Å²) in [4.78, 5) is 53.9. The van der Waals surface area contributed by atoms with Crippen LogP contribution in [0.3, 0.4) is 0 Å². The fourth-order valence-corrected chi connectivity index (χ4v) is 9.26. The number of amides is 3. The molecule has 1 N–H and O–H groups in total. The van der Waals surface area contributed by atoms with E-state index in [1.807, 2.05) is 6.08 Å². The number of ether oxygens (including phenoxy) is 4. The van der Waals surface area contributed by atoms with E-state index in [-0.39, 0.29) is 60.9 Å². The highest BCUT2D eigenvalue weighted by Gasteiger charge is 2.46. The summed E-state index contributed by atoms with van der Waals surface area (Å²) in [6, 6.07) is -0.384. The normalized spacial score (nSPS) is 32.8. The van der Waals surface area contributed by atoms with E-state index in [1.165, 1.54) is 36.3 Å². The first-order chi connectivity index (χ1) is 26.3. The van der Waals surface area contributed by atoms with Crippen molar-refractivity contribution in [1.82, 2.24) is 10.2 Å². The molecule has 306 valence electrons. The van der Waals surface area contributed by atoms with Gasteiger partial charge in [0, 0.05) is 32.4 Å². The number of hydrogen-bond acceptors (Lipinski definition) is 8. The van der Waals surface area contributed by atoms with Gasteiger partial charge in [-0.25, -0.2) is 4.79 Å². The quantitative estimate of drug-likeness (QED) is 0.146. The molecule has 0 bridgehead atoms. The Morgan fingerprint density at radius 2 is 1.56 bits per heavy atom. The second-order valence-corrected chi connectivity index (χ2v) is 17.0. The maximum absolute atomic E-state index is 14.1. The molecular weight excluding hydrogens is 697 g/mol. The molecule has 1 saturated heterocycles. The number of imide groups is 1.